The van der Waals surface area contributed by atoms with Crippen LogP contribution in [0, 0.1) is 6.08 Å². The smallest absolute Gasteiger partial charge is 0.0279 e. The van der Waals surface area contributed by atoms with Crippen LogP contribution in [0.25, 0.3) is 0 Å². The van der Waals surface area contributed by atoms with Gasteiger partial charge in [0.05, 0.1) is 0 Å². The van der Waals surface area contributed by atoms with Crippen molar-refractivity contribution in [1.29, 1.82) is 0 Å². The average molecular weight is 247 g/mol. The van der Waals surface area contributed by atoms with Crippen LogP contribution in [-0.4, -0.2) is 0 Å². The molecule has 0 bridgehead atoms. The molecule has 103 valence electrons. The topological polar surface area (TPSA) is 0 Å². The molecule has 0 saturated carbocycles. The van der Waals surface area contributed by atoms with E-state index in [1.807, 2.05) is 12.2 Å². The third-order valence-corrected chi connectivity index (χ3v) is 3.06. The number of rotatable bonds is 13. The zero-order valence-corrected chi connectivity index (χ0v) is 12.3. The molecule has 0 rings (SSSR count). The number of unbranched alkanes of at least 4 members (excludes halogenated alkanes) is 9. The largest absolute Gasteiger partial charge is 0.0991 e. The molecule has 0 aromatic rings. The molecule has 0 saturated heterocycles. The van der Waals surface area contributed by atoms with Crippen LogP contribution in [0.3, 0.4) is 0 Å². The van der Waals surface area contributed by atoms with Gasteiger partial charge in [-0.2, -0.15) is 0 Å². The normalized spacial score (nSPS) is 11.6. The Morgan fingerprint density at radius 2 is 1.50 bits per heavy atom. The molecule has 0 heteroatoms. The van der Waals surface area contributed by atoms with Crippen molar-refractivity contribution in [2.75, 3.05) is 0 Å². The van der Waals surface area contributed by atoms with Gasteiger partial charge in [0.1, 0.15) is 0 Å². The van der Waals surface area contributed by atoms with Gasteiger partial charge in [0.2, 0.25) is 0 Å². The van der Waals surface area contributed by atoms with Crippen LogP contribution in [0.4, 0.5) is 0 Å². The molecule has 0 atom stereocenters. The number of hydrogen-bond acceptors (Lipinski definition) is 0. The lowest BCUT2D eigenvalue weighted by molar-refractivity contribution is 0.570. The van der Waals surface area contributed by atoms with Crippen molar-refractivity contribution in [2.24, 2.45) is 0 Å². The summed E-state index contributed by atoms with van der Waals surface area (Å²) in [4.78, 5) is 0. The molecule has 0 heterocycles. The molecular formula is C18H31. The van der Waals surface area contributed by atoms with Crippen LogP contribution in [0.5, 0.6) is 0 Å². The van der Waals surface area contributed by atoms with Crippen molar-refractivity contribution < 1.29 is 0 Å². The molecule has 0 nitrogen and oxygen atoms in total. The Hall–Kier alpha value is -0.780. The maximum atomic E-state index is 3.67. The Labute approximate surface area is 115 Å². The highest BCUT2D eigenvalue weighted by Gasteiger charge is 1.91. The SMILES string of the molecule is C=CC=CCCCCCCCCCC/[C]=C/CC. The monoisotopic (exact) mass is 247 g/mol. The quantitative estimate of drug-likeness (QED) is 0.261. The van der Waals surface area contributed by atoms with E-state index in [4.69, 9.17) is 0 Å². The summed E-state index contributed by atoms with van der Waals surface area (Å²) in [7, 11) is 0. The first-order valence-electron chi connectivity index (χ1n) is 7.74. The first-order chi connectivity index (χ1) is 8.91. The van der Waals surface area contributed by atoms with Gasteiger partial charge in [-0.15, -0.1) is 0 Å². The molecule has 0 aliphatic carbocycles. The minimum Gasteiger partial charge on any atom is -0.0991 e. The summed E-state index contributed by atoms with van der Waals surface area (Å²) in [6.07, 6.45) is 26.2. The Kier molecular flexibility index (Phi) is 15.5. The number of allylic oxidation sites excluding steroid dienone is 5. The highest BCUT2D eigenvalue weighted by molar-refractivity contribution is 4.96. The molecular weight excluding hydrogens is 216 g/mol. The summed E-state index contributed by atoms with van der Waals surface area (Å²) < 4.78 is 0. The van der Waals surface area contributed by atoms with Crippen LogP contribution in [0.2, 0.25) is 0 Å². The van der Waals surface area contributed by atoms with Crippen molar-refractivity contribution >= 4 is 0 Å². The molecule has 1 radical (unpaired) electrons. The summed E-state index contributed by atoms with van der Waals surface area (Å²) in [6.45, 7) is 5.83. The van der Waals surface area contributed by atoms with E-state index in [9.17, 15) is 0 Å². The summed E-state index contributed by atoms with van der Waals surface area (Å²) in [5.41, 5.74) is 0. The zero-order chi connectivity index (χ0) is 13.3. The van der Waals surface area contributed by atoms with E-state index in [1.54, 1.807) is 0 Å². The molecule has 18 heavy (non-hydrogen) atoms. The molecule has 0 fully saturated rings. The predicted octanol–water partition coefficient (Wildman–Crippen LogP) is 6.40. The Morgan fingerprint density at radius 1 is 0.889 bits per heavy atom. The molecule has 0 aromatic heterocycles. The lowest BCUT2D eigenvalue weighted by Crippen LogP contribution is -1.81. The van der Waals surface area contributed by atoms with Gasteiger partial charge in [0.25, 0.3) is 0 Å². The predicted molar refractivity (Wildman–Crippen MR) is 83.6 cm³/mol. The minimum atomic E-state index is 1.13. The van der Waals surface area contributed by atoms with Gasteiger partial charge in [-0.25, -0.2) is 0 Å². The second kappa shape index (κ2) is 16.2. The lowest BCUT2D eigenvalue weighted by atomic mass is 10.1. The van der Waals surface area contributed by atoms with E-state index in [0.717, 1.165) is 12.8 Å². The van der Waals surface area contributed by atoms with Gasteiger partial charge in [-0.1, -0.05) is 76.3 Å². The molecule has 0 amide bonds. The van der Waals surface area contributed by atoms with Gasteiger partial charge >= 0.3 is 0 Å². The second-order valence-corrected chi connectivity index (χ2v) is 4.85. The summed E-state index contributed by atoms with van der Waals surface area (Å²) >= 11 is 0. The van der Waals surface area contributed by atoms with Gasteiger partial charge in [-0.05, 0) is 38.2 Å². The van der Waals surface area contributed by atoms with Crippen LogP contribution in [0.1, 0.15) is 77.6 Å². The van der Waals surface area contributed by atoms with Crippen LogP contribution >= 0.6 is 0 Å². The first-order valence-corrected chi connectivity index (χ1v) is 7.74. The van der Waals surface area contributed by atoms with E-state index >= 15 is 0 Å². The van der Waals surface area contributed by atoms with Crippen molar-refractivity contribution in [3.05, 3.63) is 37.0 Å². The maximum absolute atomic E-state index is 3.67. The highest BCUT2D eigenvalue weighted by atomic mass is 14.0. The molecule has 0 unspecified atom stereocenters. The zero-order valence-electron chi connectivity index (χ0n) is 12.3. The van der Waals surface area contributed by atoms with Gasteiger partial charge in [0.15, 0.2) is 0 Å². The third kappa shape index (κ3) is 15.2. The second-order valence-electron chi connectivity index (χ2n) is 4.85. The lowest BCUT2D eigenvalue weighted by Gasteiger charge is -2.00. The maximum Gasteiger partial charge on any atom is -0.0279 e. The van der Waals surface area contributed by atoms with Gasteiger partial charge in [-0.3, -0.25) is 0 Å². The fraction of sp³-hybridized carbons (Fsp3) is 0.667. The van der Waals surface area contributed by atoms with Gasteiger partial charge in [0, 0.05) is 0 Å². The molecule has 0 spiro atoms. The first kappa shape index (κ1) is 17.2. The fourth-order valence-electron chi connectivity index (χ4n) is 1.99. The van der Waals surface area contributed by atoms with Crippen molar-refractivity contribution in [3.8, 4) is 0 Å². The van der Waals surface area contributed by atoms with E-state index in [1.165, 1.54) is 57.8 Å². The van der Waals surface area contributed by atoms with Crippen LogP contribution in [0.15, 0.2) is 30.9 Å². The van der Waals surface area contributed by atoms with E-state index in [2.05, 4.69) is 31.7 Å². The summed E-state index contributed by atoms with van der Waals surface area (Å²) in [6, 6.07) is 0. The van der Waals surface area contributed by atoms with E-state index in [0.29, 0.717) is 0 Å². The third-order valence-electron chi connectivity index (χ3n) is 3.06. The van der Waals surface area contributed by atoms with Gasteiger partial charge < -0.3 is 0 Å². The Balaban J connectivity index is 3.00. The average Bonchev–Trinajstić information content (AvgIpc) is 2.39. The summed E-state index contributed by atoms with van der Waals surface area (Å²) in [5, 5.41) is 0. The molecule has 0 N–H and O–H groups in total. The molecule has 0 aromatic carbocycles. The standard InChI is InChI=1S/C18H31/c1-3-5-7-9-11-13-15-17-18-16-14-12-10-8-6-4-2/h3,5-7H,1,4,9-18H2,2H3. The number of hydrogen-bond donors (Lipinski definition) is 0. The fourth-order valence-corrected chi connectivity index (χ4v) is 1.99. The highest BCUT2D eigenvalue weighted by Crippen LogP contribution is 2.10. The van der Waals surface area contributed by atoms with E-state index < -0.39 is 0 Å². The van der Waals surface area contributed by atoms with Crippen molar-refractivity contribution in [2.45, 2.75) is 77.6 Å². The van der Waals surface area contributed by atoms with Crippen molar-refractivity contribution in [1.82, 2.24) is 0 Å². The van der Waals surface area contributed by atoms with Crippen LogP contribution in [-0.2, 0) is 0 Å². The van der Waals surface area contributed by atoms with Crippen molar-refractivity contribution in [3.63, 3.8) is 0 Å². The Morgan fingerprint density at radius 3 is 2.11 bits per heavy atom. The van der Waals surface area contributed by atoms with E-state index in [-0.39, 0.29) is 0 Å². The Bertz CT molecular complexity index is 210. The van der Waals surface area contributed by atoms with Crippen LogP contribution < -0.4 is 0 Å². The molecule has 0 aliphatic rings. The minimum absolute atomic E-state index is 1.13. The summed E-state index contributed by atoms with van der Waals surface area (Å²) in [5.74, 6) is 0. The molecule has 0 aliphatic heterocycles.